The van der Waals surface area contributed by atoms with Gasteiger partial charge >= 0.3 is 6.61 Å². The molecule has 1 N–H and O–H groups in total. The first-order chi connectivity index (χ1) is 8.58. The number of carbonyl (C=O) groups excluding carboxylic acids is 1. The van der Waals surface area contributed by atoms with Gasteiger partial charge in [0.1, 0.15) is 11.1 Å². The molecule has 0 bridgehead atoms. The molecule has 0 heterocycles. The first kappa shape index (κ1) is 13.1. The lowest BCUT2D eigenvalue weighted by atomic mass is 10.1. The van der Waals surface area contributed by atoms with E-state index in [0.29, 0.717) is 0 Å². The molecule has 1 saturated carbocycles. The van der Waals surface area contributed by atoms with E-state index in [1.165, 1.54) is 12.1 Å². The maximum Gasteiger partial charge on any atom is 0.387 e. The van der Waals surface area contributed by atoms with Crippen molar-refractivity contribution in [3.63, 3.8) is 0 Å². The lowest BCUT2D eigenvalue weighted by molar-refractivity contribution is -0.121. The van der Waals surface area contributed by atoms with Gasteiger partial charge in [0.15, 0.2) is 0 Å². The highest BCUT2D eigenvalue weighted by Crippen LogP contribution is 2.31. The molecule has 0 aromatic heterocycles. The van der Waals surface area contributed by atoms with Gasteiger partial charge in [-0.1, -0.05) is 18.2 Å². The Labute approximate surface area is 108 Å². The van der Waals surface area contributed by atoms with Crippen LogP contribution in [0.1, 0.15) is 23.8 Å². The number of alkyl halides is 3. The molecule has 2 rings (SSSR count). The van der Waals surface area contributed by atoms with Gasteiger partial charge in [-0.25, -0.2) is 0 Å². The van der Waals surface area contributed by atoms with Crippen LogP contribution in [0.3, 0.4) is 0 Å². The smallest absolute Gasteiger partial charge is 0.387 e. The van der Waals surface area contributed by atoms with E-state index in [-0.39, 0.29) is 23.3 Å². The molecule has 0 spiro atoms. The second kappa shape index (κ2) is 5.52. The molecule has 1 atom stereocenters. The van der Waals surface area contributed by atoms with Gasteiger partial charge in [0.05, 0.1) is 0 Å². The zero-order chi connectivity index (χ0) is 13.1. The summed E-state index contributed by atoms with van der Waals surface area (Å²) < 4.78 is 28.8. The van der Waals surface area contributed by atoms with Crippen molar-refractivity contribution in [2.75, 3.05) is 0 Å². The summed E-state index contributed by atoms with van der Waals surface area (Å²) in [6.07, 6.45) is 1.87. The lowest BCUT2D eigenvalue weighted by Gasteiger charge is -2.14. The number of rotatable bonds is 5. The molecule has 0 aliphatic heterocycles. The van der Waals surface area contributed by atoms with E-state index >= 15 is 0 Å². The van der Waals surface area contributed by atoms with Gasteiger partial charge in [-0.2, -0.15) is 8.78 Å². The number of benzene rings is 1. The number of nitrogens with one attached hydrogen (secondary N) is 1. The topological polar surface area (TPSA) is 38.3 Å². The molecular weight excluding hydrogens is 264 g/mol. The summed E-state index contributed by atoms with van der Waals surface area (Å²) >= 11 is 5.98. The van der Waals surface area contributed by atoms with Crippen LogP contribution in [0.15, 0.2) is 24.3 Å². The van der Waals surface area contributed by atoms with Crippen LogP contribution in [0.2, 0.25) is 0 Å². The van der Waals surface area contributed by atoms with Crippen LogP contribution in [-0.2, 0) is 4.79 Å². The van der Waals surface area contributed by atoms with Crippen molar-refractivity contribution in [1.82, 2.24) is 5.32 Å². The molecule has 1 fully saturated rings. The first-order valence-electron chi connectivity index (χ1n) is 5.56. The molecule has 1 amide bonds. The van der Waals surface area contributed by atoms with Gasteiger partial charge in [0, 0.05) is 11.6 Å². The summed E-state index contributed by atoms with van der Waals surface area (Å²) in [6.45, 7) is -2.94. The van der Waals surface area contributed by atoms with Crippen LogP contribution in [0.25, 0.3) is 0 Å². The lowest BCUT2D eigenvalue weighted by Crippen LogP contribution is -2.29. The molecule has 1 aromatic carbocycles. The quantitative estimate of drug-likeness (QED) is 0.839. The molecule has 1 unspecified atom stereocenters. The molecule has 3 nitrogen and oxygen atoms in total. The van der Waals surface area contributed by atoms with Crippen molar-refractivity contribution in [3.8, 4) is 5.75 Å². The Hall–Kier alpha value is -1.36. The van der Waals surface area contributed by atoms with Crippen molar-refractivity contribution in [2.45, 2.75) is 30.9 Å². The summed E-state index contributed by atoms with van der Waals surface area (Å²) in [5.41, 5.74) is 0.248. The Kier molecular flexibility index (Phi) is 4.01. The van der Waals surface area contributed by atoms with E-state index in [9.17, 15) is 13.6 Å². The first-order valence-corrected chi connectivity index (χ1v) is 5.99. The molecule has 98 valence electrons. The Bertz CT molecular complexity index is 438. The number of hydrogen-bond donors (Lipinski definition) is 1. The van der Waals surface area contributed by atoms with E-state index < -0.39 is 12.0 Å². The Morgan fingerprint density at radius 1 is 1.39 bits per heavy atom. The van der Waals surface area contributed by atoms with E-state index in [1.807, 2.05) is 0 Å². The molecule has 0 radical (unpaired) electrons. The summed E-state index contributed by atoms with van der Waals surface area (Å²) in [5, 5.41) is 1.69. The third-order valence-electron chi connectivity index (χ3n) is 2.56. The van der Waals surface area contributed by atoms with Gasteiger partial charge in [-0.3, -0.25) is 4.79 Å². The predicted octanol–water partition coefficient (Wildman–Crippen LogP) is 2.85. The fraction of sp³-hybridized carbons (Fsp3) is 0.417. The molecule has 6 heteroatoms. The summed E-state index contributed by atoms with van der Waals surface area (Å²) in [4.78, 5) is 11.7. The molecular formula is C12H12ClF2NO2. The second-order valence-corrected chi connectivity index (χ2v) is 4.50. The van der Waals surface area contributed by atoms with Crippen molar-refractivity contribution >= 4 is 17.5 Å². The van der Waals surface area contributed by atoms with Crippen LogP contribution in [0, 0.1) is 0 Å². The SMILES string of the molecule is O=C(NC1CC1)C(Cl)c1ccccc1OC(F)F. The zero-order valence-corrected chi connectivity index (χ0v) is 10.2. The van der Waals surface area contributed by atoms with Crippen molar-refractivity contribution in [1.29, 1.82) is 0 Å². The van der Waals surface area contributed by atoms with Crippen molar-refractivity contribution in [3.05, 3.63) is 29.8 Å². The van der Waals surface area contributed by atoms with Crippen LogP contribution >= 0.6 is 11.6 Å². The number of carbonyl (C=O) groups is 1. The van der Waals surface area contributed by atoms with Gasteiger partial charge in [-0.05, 0) is 18.9 Å². The second-order valence-electron chi connectivity index (χ2n) is 4.06. The predicted molar refractivity (Wildman–Crippen MR) is 62.8 cm³/mol. The highest BCUT2D eigenvalue weighted by molar-refractivity contribution is 6.31. The number of para-hydroxylation sites is 1. The standard InChI is InChI=1S/C12H12ClF2NO2/c13-10(11(17)16-7-5-6-7)8-3-1-2-4-9(8)18-12(14)15/h1-4,7,10,12H,5-6H2,(H,16,17). The number of amides is 1. The van der Waals surface area contributed by atoms with E-state index in [2.05, 4.69) is 10.1 Å². The van der Waals surface area contributed by atoms with Crippen LogP contribution < -0.4 is 10.1 Å². The maximum absolute atomic E-state index is 12.2. The summed E-state index contributed by atoms with van der Waals surface area (Å²) in [7, 11) is 0. The highest BCUT2D eigenvalue weighted by Gasteiger charge is 2.28. The molecule has 0 saturated heterocycles. The average molecular weight is 276 g/mol. The summed E-state index contributed by atoms with van der Waals surface area (Å²) in [6, 6.07) is 6.20. The van der Waals surface area contributed by atoms with Crippen molar-refractivity contribution in [2.24, 2.45) is 0 Å². The van der Waals surface area contributed by atoms with Gasteiger partial charge in [0.25, 0.3) is 0 Å². The van der Waals surface area contributed by atoms with Gasteiger partial charge < -0.3 is 10.1 Å². The Morgan fingerprint density at radius 3 is 2.67 bits per heavy atom. The monoisotopic (exact) mass is 275 g/mol. The Morgan fingerprint density at radius 2 is 2.06 bits per heavy atom. The third-order valence-corrected chi connectivity index (χ3v) is 3.00. The van der Waals surface area contributed by atoms with E-state index in [4.69, 9.17) is 11.6 Å². The third kappa shape index (κ3) is 3.32. The average Bonchev–Trinajstić information content (AvgIpc) is 3.12. The maximum atomic E-state index is 12.2. The molecule has 18 heavy (non-hydrogen) atoms. The normalized spacial score (nSPS) is 16.4. The van der Waals surface area contributed by atoms with Crippen molar-refractivity contribution < 1.29 is 18.3 Å². The number of halogens is 3. The zero-order valence-electron chi connectivity index (χ0n) is 9.41. The highest BCUT2D eigenvalue weighted by atomic mass is 35.5. The van der Waals surface area contributed by atoms with E-state index in [1.54, 1.807) is 12.1 Å². The largest absolute Gasteiger partial charge is 0.434 e. The minimum Gasteiger partial charge on any atom is -0.434 e. The molecule has 1 aromatic rings. The number of hydrogen-bond acceptors (Lipinski definition) is 2. The summed E-state index contributed by atoms with van der Waals surface area (Å²) in [5.74, 6) is -0.456. The van der Waals surface area contributed by atoms with Gasteiger partial charge in [0.2, 0.25) is 5.91 Å². The minimum atomic E-state index is -2.94. The van der Waals surface area contributed by atoms with Crippen LogP contribution in [-0.4, -0.2) is 18.6 Å². The Balaban J connectivity index is 2.12. The molecule has 1 aliphatic rings. The van der Waals surface area contributed by atoms with Gasteiger partial charge in [-0.15, -0.1) is 11.6 Å². The molecule has 1 aliphatic carbocycles. The fourth-order valence-corrected chi connectivity index (χ4v) is 1.78. The minimum absolute atomic E-state index is 0.0709. The van der Waals surface area contributed by atoms with Crippen LogP contribution in [0.4, 0.5) is 8.78 Å². The van der Waals surface area contributed by atoms with Crippen LogP contribution in [0.5, 0.6) is 5.75 Å². The number of ether oxygens (including phenoxy) is 1. The van der Waals surface area contributed by atoms with E-state index in [0.717, 1.165) is 12.8 Å². The fourth-order valence-electron chi connectivity index (χ4n) is 1.54.